The second-order valence-corrected chi connectivity index (χ2v) is 9.58. The second kappa shape index (κ2) is 11.8. The van der Waals surface area contributed by atoms with Gasteiger partial charge in [-0.3, -0.25) is 14.1 Å². The summed E-state index contributed by atoms with van der Waals surface area (Å²) in [5, 5.41) is 17.1. The van der Waals surface area contributed by atoms with Gasteiger partial charge in [0.15, 0.2) is 5.25 Å². The van der Waals surface area contributed by atoms with Gasteiger partial charge in [0, 0.05) is 0 Å². The van der Waals surface area contributed by atoms with E-state index >= 15 is 0 Å². The number of benzene rings is 2. The molecule has 0 aliphatic heterocycles. The Bertz CT molecular complexity index is 924. The van der Waals surface area contributed by atoms with Gasteiger partial charge in [0.25, 0.3) is 10.1 Å². The number of carboxylic acid groups (broad SMARTS) is 2. The summed E-state index contributed by atoms with van der Waals surface area (Å²) in [7, 11) is -5.13. The molecule has 2 rings (SSSR count). The van der Waals surface area contributed by atoms with E-state index in [0.717, 1.165) is 11.1 Å². The molecular weight excluding hydrogens is 432 g/mol. The van der Waals surface area contributed by atoms with Crippen molar-refractivity contribution in [3.8, 4) is 0 Å². The minimum atomic E-state index is -5.13. The predicted octanol–water partition coefficient (Wildman–Crippen LogP) is 4.22. The molecule has 8 heteroatoms. The Morgan fingerprint density at radius 3 is 1.47 bits per heavy atom. The van der Waals surface area contributed by atoms with Crippen LogP contribution in [0.4, 0.5) is 0 Å². The lowest BCUT2D eigenvalue weighted by atomic mass is 9.74. The minimum absolute atomic E-state index is 0.155. The number of carbonyl (C=O) groups is 2. The number of unbranched alkanes of at least 4 members (excludes halogenated alkanes) is 2. The number of rotatable bonds is 14. The smallest absolute Gasteiger partial charge is 0.325 e. The molecule has 0 saturated heterocycles. The lowest BCUT2D eigenvalue weighted by Gasteiger charge is -2.33. The van der Waals surface area contributed by atoms with Crippen LogP contribution in [-0.4, -0.2) is 40.4 Å². The average Bonchev–Trinajstić information content (AvgIpc) is 2.74. The van der Waals surface area contributed by atoms with E-state index in [9.17, 15) is 32.8 Å². The molecule has 3 N–H and O–H groups in total. The van der Waals surface area contributed by atoms with Crippen molar-refractivity contribution in [3.05, 3.63) is 71.8 Å². The van der Waals surface area contributed by atoms with Gasteiger partial charge in [-0.1, -0.05) is 73.5 Å². The highest BCUT2D eigenvalue weighted by Gasteiger charge is 2.55. The van der Waals surface area contributed by atoms with Crippen LogP contribution in [0.3, 0.4) is 0 Å². The van der Waals surface area contributed by atoms with E-state index in [4.69, 9.17) is 0 Å². The predicted molar refractivity (Wildman–Crippen MR) is 121 cm³/mol. The Hall–Kier alpha value is -2.71. The van der Waals surface area contributed by atoms with Crippen LogP contribution in [0.15, 0.2) is 60.7 Å². The third kappa shape index (κ3) is 7.17. The van der Waals surface area contributed by atoms with Gasteiger partial charge in [0.1, 0.15) is 0 Å². The molecule has 174 valence electrons. The van der Waals surface area contributed by atoms with Crippen LogP contribution >= 0.6 is 0 Å². The van der Waals surface area contributed by atoms with E-state index < -0.39 is 32.7 Å². The summed E-state index contributed by atoms with van der Waals surface area (Å²) in [6, 6.07) is 19.1. The van der Waals surface area contributed by atoms with Crippen molar-refractivity contribution in [2.45, 2.75) is 56.6 Å². The topological polar surface area (TPSA) is 129 Å². The Morgan fingerprint density at radius 1 is 0.750 bits per heavy atom. The monoisotopic (exact) mass is 462 g/mol. The zero-order valence-corrected chi connectivity index (χ0v) is 18.7. The first-order chi connectivity index (χ1) is 15.2. The first kappa shape index (κ1) is 25.5. The van der Waals surface area contributed by atoms with Gasteiger partial charge >= 0.3 is 11.9 Å². The van der Waals surface area contributed by atoms with Gasteiger partial charge in [0.2, 0.25) is 0 Å². The fourth-order valence-corrected chi connectivity index (χ4v) is 5.35. The summed E-state index contributed by atoms with van der Waals surface area (Å²) >= 11 is 0. The molecule has 0 fully saturated rings. The summed E-state index contributed by atoms with van der Waals surface area (Å²) in [4.78, 5) is 24.1. The normalized spacial score (nSPS) is 12.9. The van der Waals surface area contributed by atoms with Crippen LogP contribution in [-0.2, 0) is 32.5 Å². The van der Waals surface area contributed by atoms with Crippen LogP contribution in [0.5, 0.6) is 0 Å². The van der Waals surface area contributed by atoms with Crippen LogP contribution in [0.25, 0.3) is 0 Å². The van der Waals surface area contributed by atoms with Gasteiger partial charge < -0.3 is 10.2 Å². The summed E-state index contributed by atoms with van der Waals surface area (Å²) < 4.78 is 33.5. The molecule has 0 aliphatic carbocycles. The molecule has 0 heterocycles. The highest BCUT2D eigenvalue weighted by molar-refractivity contribution is 7.87. The van der Waals surface area contributed by atoms with Crippen LogP contribution in [0.1, 0.15) is 49.7 Å². The van der Waals surface area contributed by atoms with Crippen molar-refractivity contribution < 1.29 is 32.8 Å². The molecule has 32 heavy (non-hydrogen) atoms. The van der Waals surface area contributed by atoms with E-state index in [2.05, 4.69) is 0 Å². The van der Waals surface area contributed by atoms with E-state index in [1.54, 1.807) is 0 Å². The Kier molecular flexibility index (Phi) is 9.41. The number of carboxylic acids is 2. The largest absolute Gasteiger partial charge is 0.481 e. The number of hydrogen-bond donors (Lipinski definition) is 3. The molecule has 7 nitrogen and oxygen atoms in total. The summed E-state index contributed by atoms with van der Waals surface area (Å²) in [6.45, 7) is 0. The maximum atomic E-state index is 12.3. The number of aliphatic carboxylic acids is 2. The Labute approximate surface area is 188 Å². The van der Waals surface area contributed by atoms with E-state index in [0.29, 0.717) is 38.5 Å². The van der Waals surface area contributed by atoms with Crippen molar-refractivity contribution in [2.75, 3.05) is 0 Å². The number of aryl methyl sites for hydroxylation is 2. The molecule has 2 aromatic carbocycles. The van der Waals surface area contributed by atoms with E-state index in [1.807, 2.05) is 60.7 Å². The average molecular weight is 463 g/mol. The molecule has 0 amide bonds. The standard InChI is InChI=1S/C24H30O7S/c25-22(26)21(32(29,30)31)24(23(27)28,17-9-7-15-19-11-3-1-4-12-19)18-10-8-16-20-13-5-2-6-14-20/h1-6,11-14,21H,7-10,15-18H2,(H,25,26)(H,27,28)(H,29,30,31). The quantitative estimate of drug-likeness (QED) is 0.283. The van der Waals surface area contributed by atoms with E-state index in [1.165, 1.54) is 0 Å². The van der Waals surface area contributed by atoms with Crippen LogP contribution in [0.2, 0.25) is 0 Å². The molecule has 0 saturated carbocycles. The molecule has 0 bridgehead atoms. The SMILES string of the molecule is O=C(O)C(C(CCCCc1ccccc1)(CCCCc1ccccc1)C(=O)O)S(=O)(=O)O. The highest BCUT2D eigenvalue weighted by atomic mass is 32.2. The van der Waals surface area contributed by atoms with Crippen LogP contribution < -0.4 is 0 Å². The zero-order chi connectivity index (χ0) is 23.6. The molecule has 1 atom stereocenters. The molecule has 2 aromatic rings. The van der Waals surface area contributed by atoms with Crippen molar-refractivity contribution in [2.24, 2.45) is 5.41 Å². The lowest BCUT2D eigenvalue weighted by Crippen LogP contribution is -2.51. The minimum Gasteiger partial charge on any atom is -0.481 e. The fourth-order valence-electron chi connectivity index (χ4n) is 4.19. The zero-order valence-electron chi connectivity index (χ0n) is 17.9. The van der Waals surface area contributed by atoms with E-state index in [-0.39, 0.29) is 12.8 Å². The lowest BCUT2D eigenvalue weighted by molar-refractivity contribution is -0.156. The Morgan fingerprint density at radius 2 is 1.16 bits per heavy atom. The van der Waals surface area contributed by atoms with Gasteiger partial charge in [-0.2, -0.15) is 8.42 Å². The summed E-state index contributed by atoms with van der Waals surface area (Å²) in [5.41, 5.74) is 0.00831. The molecule has 0 spiro atoms. The molecule has 0 radical (unpaired) electrons. The summed E-state index contributed by atoms with van der Waals surface area (Å²) in [6.07, 6.45) is 2.79. The van der Waals surface area contributed by atoms with Gasteiger partial charge in [-0.25, -0.2) is 0 Å². The fraction of sp³-hybridized carbons (Fsp3) is 0.417. The van der Waals surface area contributed by atoms with Gasteiger partial charge in [0.05, 0.1) is 5.41 Å². The second-order valence-electron chi connectivity index (χ2n) is 8.08. The molecule has 0 aromatic heterocycles. The molecule has 1 unspecified atom stereocenters. The third-order valence-corrected chi connectivity index (χ3v) is 7.06. The van der Waals surface area contributed by atoms with Crippen LogP contribution in [0, 0.1) is 5.41 Å². The van der Waals surface area contributed by atoms with Gasteiger partial charge in [-0.15, -0.1) is 0 Å². The first-order valence-corrected chi connectivity index (χ1v) is 12.2. The molecule has 0 aliphatic rings. The Balaban J connectivity index is 2.15. The highest BCUT2D eigenvalue weighted by Crippen LogP contribution is 2.39. The maximum absolute atomic E-state index is 12.3. The molecular formula is C24H30O7S. The van der Waals surface area contributed by atoms with Crippen molar-refractivity contribution in [3.63, 3.8) is 0 Å². The maximum Gasteiger partial charge on any atom is 0.325 e. The van der Waals surface area contributed by atoms with Gasteiger partial charge in [-0.05, 0) is 49.7 Å². The first-order valence-electron chi connectivity index (χ1n) is 10.7. The van der Waals surface area contributed by atoms with Crippen molar-refractivity contribution in [1.82, 2.24) is 0 Å². The van der Waals surface area contributed by atoms with Crippen molar-refractivity contribution >= 4 is 22.1 Å². The number of hydrogen-bond acceptors (Lipinski definition) is 4. The third-order valence-electron chi connectivity index (χ3n) is 5.81. The summed E-state index contributed by atoms with van der Waals surface area (Å²) in [5.74, 6) is -3.36. The van der Waals surface area contributed by atoms with Crippen molar-refractivity contribution in [1.29, 1.82) is 0 Å².